The Morgan fingerprint density at radius 2 is 1.94 bits per heavy atom. The number of aliphatic hydroxyl groups excluding tert-OH is 1. The Morgan fingerprint density at radius 3 is 2.65 bits per heavy atom. The lowest BCUT2D eigenvalue weighted by molar-refractivity contribution is 0.126. The van der Waals surface area contributed by atoms with Gasteiger partial charge < -0.3 is 10.4 Å². The van der Waals surface area contributed by atoms with E-state index in [1.165, 1.54) is 0 Å². The Kier molecular flexibility index (Phi) is 3.91. The Morgan fingerprint density at radius 1 is 1.24 bits per heavy atom. The summed E-state index contributed by atoms with van der Waals surface area (Å²) >= 11 is 0. The Labute approximate surface area is 100 Å². The molecule has 2 N–H and O–H groups in total. The van der Waals surface area contributed by atoms with Crippen molar-refractivity contribution in [2.75, 3.05) is 5.32 Å². The number of benzene rings is 1. The number of hydrogen-bond donors (Lipinski definition) is 2. The van der Waals surface area contributed by atoms with Crippen LogP contribution >= 0.6 is 0 Å². The first-order valence-electron chi connectivity index (χ1n) is 5.91. The van der Waals surface area contributed by atoms with E-state index < -0.39 is 0 Å². The molecule has 4 heteroatoms. The number of nitrogens with one attached hydrogen (secondary N) is 1. The van der Waals surface area contributed by atoms with Gasteiger partial charge in [-0.15, -0.1) is 0 Å². The summed E-state index contributed by atoms with van der Waals surface area (Å²) in [6.45, 7) is 0. The predicted octanol–water partition coefficient (Wildman–Crippen LogP) is 2.37. The highest BCUT2D eigenvalue weighted by atomic mass is 16.3. The van der Waals surface area contributed by atoms with Gasteiger partial charge in [0.05, 0.1) is 17.5 Å². The van der Waals surface area contributed by atoms with Crippen LogP contribution in [0.25, 0.3) is 0 Å². The first-order valence-corrected chi connectivity index (χ1v) is 5.91. The Balaban J connectivity index is 2.05. The van der Waals surface area contributed by atoms with Crippen molar-refractivity contribution in [3.8, 4) is 0 Å². The van der Waals surface area contributed by atoms with Crippen LogP contribution in [0.1, 0.15) is 25.7 Å². The molecule has 1 aromatic carbocycles. The van der Waals surface area contributed by atoms with Gasteiger partial charge in [-0.1, -0.05) is 12.1 Å². The molecule has 0 unspecified atom stereocenters. The maximum atomic E-state index is 10.3. The minimum absolute atomic E-state index is 0.156. The van der Waals surface area contributed by atoms with Crippen LogP contribution in [0, 0.1) is 0 Å². The zero-order chi connectivity index (χ0) is 12.1. The molecule has 0 aliphatic heterocycles. The first-order chi connectivity index (χ1) is 8.29. The van der Waals surface area contributed by atoms with Gasteiger partial charge in [-0.25, -0.2) is 4.79 Å². The standard InChI is InChI=1S/C13H16N2O2/c16-9-14-12-3-1-2-4-13(12)15-10-5-7-11(17)8-6-10/h1-4,10-11,15,17H,5-8H2. The number of nitrogens with zero attached hydrogens (tertiary/aromatic N) is 1. The van der Waals surface area contributed by atoms with E-state index in [-0.39, 0.29) is 6.10 Å². The largest absolute Gasteiger partial charge is 0.393 e. The zero-order valence-electron chi connectivity index (χ0n) is 9.60. The van der Waals surface area contributed by atoms with Crippen molar-refractivity contribution >= 4 is 17.5 Å². The smallest absolute Gasteiger partial charge is 0.240 e. The summed E-state index contributed by atoms with van der Waals surface area (Å²) in [6, 6.07) is 7.78. The third-order valence-electron chi connectivity index (χ3n) is 3.13. The second-order valence-electron chi connectivity index (χ2n) is 4.37. The topological polar surface area (TPSA) is 61.7 Å². The van der Waals surface area contributed by atoms with Crippen LogP contribution in [0.3, 0.4) is 0 Å². The lowest BCUT2D eigenvalue weighted by Gasteiger charge is -2.27. The van der Waals surface area contributed by atoms with Crippen molar-refractivity contribution in [1.29, 1.82) is 0 Å². The fourth-order valence-electron chi connectivity index (χ4n) is 2.18. The van der Waals surface area contributed by atoms with Gasteiger partial charge in [0.2, 0.25) is 6.08 Å². The average Bonchev–Trinajstić information content (AvgIpc) is 2.35. The van der Waals surface area contributed by atoms with E-state index in [2.05, 4.69) is 10.3 Å². The molecule has 0 radical (unpaired) electrons. The number of anilines is 1. The molecule has 17 heavy (non-hydrogen) atoms. The molecule has 0 bridgehead atoms. The van der Waals surface area contributed by atoms with Gasteiger partial charge in [-0.2, -0.15) is 4.99 Å². The fraction of sp³-hybridized carbons (Fsp3) is 0.462. The molecule has 0 heterocycles. The molecule has 1 saturated carbocycles. The van der Waals surface area contributed by atoms with Crippen LogP contribution in [0.2, 0.25) is 0 Å². The highest BCUT2D eigenvalue weighted by Crippen LogP contribution is 2.28. The van der Waals surface area contributed by atoms with Crippen LogP contribution < -0.4 is 5.32 Å². The lowest BCUT2D eigenvalue weighted by Crippen LogP contribution is -2.28. The first kappa shape index (κ1) is 11.8. The van der Waals surface area contributed by atoms with Crippen LogP contribution in [0.5, 0.6) is 0 Å². The van der Waals surface area contributed by atoms with E-state index in [9.17, 15) is 9.90 Å². The molecule has 4 nitrogen and oxygen atoms in total. The molecule has 0 atom stereocenters. The number of carbonyl (C=O) groups excluding carboxylic acids is 1. The normalized spacial score (nSPS) is 23.8. The fourth-order valence-corrected chi connectivity index (χ4v) is 2.18. The zero-order valence-corrected chi connectivity index (χ0v) is 9.60. The second-order valence-corrected chi connectivity index (χ2v) is 4.37. The summed E-state index contributed by atoms with van der Waals surface area (Å²) in [5, 5.41) is 12.8. The third-order valence-corrected chi connectivity index (χ3v) is 3.13. The lowest BCUT2D eigenvalue weighted by atomic mass is 9.93. The summed E-state index contributed by atoms with van der Waals surface area (Å²) in [6.07, 6.45) is 4.96. The molecular weight excluding hydrogens is 216 g/mol. The van der Waals surface area contributed by atoms with Crippen LogP contribution in [0.4, 0.5) is 11.4 Å². The van der Waals surface area contributed by atoms with Gasteiger partial charge in [0.15, 0.2) is 0 Å². The molecule has 0 amide bonds. The van der Waals surface area contributed by atoms with Crippen molar-refractivity contribution in [2.45, 2.75) is 37.8 Å². The molecule has 90 valence electrons. The summed E-state index contributed by atoms with van der Waals surface area (Å²) < 4.78 is 0. The minimum Gasteiger partial charge on any atom is -0.393 e. The van der Waals surface area contributed by atoms with Crippen molar-refractivity contribution in [1.82, 2.24) is 0 Å². The quantitative estimate of drug-likeness (QED) is 0.621. The summed E-state index contributed by atoms with van der Waals surface area (Å²) in [5.74, 6) is 0. The van der Waals surface area contributed by atoms with E-state index in [1.807, 2.05) is 18.2 Å². The SMILES string of the molecule is O=C=Nc1ccccc1NC1CCC(O)CC1. The van der Waals surface area contributed by atoms with Gasteiger partial charge in [0, 0.05) is 6.04 Å². The summed E-state index contributed by atoms with van der Waals surface area (Å²) in [7, 11) is 0. The van der Waals surface area contributed by atoms with Gasteiger partial charge in [0.1, 0.15) is 0 Å². The van der Waals surface area contributed by atoms with E-state index >= 15 is 0 Å². The van der Waals surface area contributed by atoms with E-state index in [0.717, 1.165) is 31.4 Å². The number of aliphatic imine (C=N–C) groups is 1. The monoisotopic (exact) mass is 232 g/mol. The minimum atomic E-state index is -0.156. The molecule has 0 saturated heterocycles. The molecule has 0 aromatic heterocycles. The van der Waals surface area contributed by atoms with Crippen molar-refractivity contribution in [2.24, 2.45) is 4.99 Å². The molecule has 1 aliphatic rings. The number of aliphatic hydroxyl groups is 1. The second kappa shape index (κ2) is 5.62. The molecule has 2 rings (SSSR count). The number of rotatable bonds is 3. The molecule has 0 spiro atoms. The van der Waals surface area contributed by atoms with Gasteiger partial charge >= 0.3 is 0 Å². The van der Waals surface area contributed by atoms with E-state index in [4.69, 9.17) is 0 Å². The maximum Gasteiger partial charge on any atom is 0.240 e. The number of hydrogen-bond acceptors (Lipinski definition) is 4. The van der Waals surface area contributed by atoms with Crippen LogP contribution in [0.15, 0.2) is 29.3 Å². The highest BCUT2D eigenvalue weighted by Gasteiger charge is 2.19. The van der Waals surface area contributed by atoms with Gasteiger partial charge in [0.25, 0.3) is 0 Å². The Bertz CT molecular complexity index is 419. The molecule has 1 aliphatic carbocycles. The highest BCUT2D eigenvalue weighted by molar-refractivity contribution is 5.68. The van der Waals surface area contributed by atoms with Crippen molar-refractivity contribution in [3.05, 3.63) is 24.3 Å². The predicted molar refractivity (Wildman–Crippen MR) is 66.1 cm³/mol. The Hall–Kier alpha value is -1.64. The maximum absolute atomic E-state index is 10.3. The molecule has 1 fully saturated rings. The summed E-state index contributed by atoms with van der Waals surface area (Å²) in [5.41, 5.74) is 1.48. The van der Waals surface area contributed by atoms with Crippen molar-refractivity contribution in [3.63, 3.8) is 0 Å². The summed E-state index contributed by atoms with van der Waals surface area (Å²) in [4.78, 5) is 14.0. The molecular formula is C13H16N2O2. The van der Waals surface area contributed by atoms with Crippen LogP contribution in [-0.4, -0.2) is 23.3 Å². The van der Waals surface area contributed by atoms with E-state index in [0.29, 0.717) is 11.7 Å². The van der Waals surface area contributed by atoms with Crippen LogP contribution in [-0.2, 0) is 4.79 Å². The van der Waals surface area contributed by atoms with Gasteiger partial charge in [-0.05, 0) is 37.8 Å². The average molecular weight is 232 g/mol. The van der Waals surface area contributed by atoms with E-state index in [1.54, 1.807) is 12.1 Å². The third kappa shape index (κ3) is 3.16. The van der Waals surface area contributed by atoms with Crippen molar-refractivity contribution < 1.29 is 9.90 Å². The number of para-hydroxylation sites is 2. The number of isocyanates is 1. The van der Waals surface area contributed by atoms with Gasteiger partial charge in [-0.3, -0.25) is 0 Å². The molecule has 1 aromatic rings.